The Morgan fingerprint density at radius 2 is 1.43 bits per heavy atom. The second-order valence-electron chi connectivity index (χ2n) is 5.55. The molecule has 0 aliphatic rings. The maximum atomic E-state index is 12.4. The monoisotopic (exact) mass is 331 g/mol. The lowest BCUT2D eigenvalue weighted by Gasteiger charge is -2.24. The van der Waals surface area contributed by atoms with Gasteiger partial charge in [0, 0.05) is 23.2 Å². The molecule has 0 saturated heterocycles. The summed E-state index contributed by atoms with van der Waals surface area (Å²) in [5.41, 5.74) is 0.113. The fraction of sp³-hybridized carbons (Fsp3) is 0.222. The fourth-order valence-electron chi connectivity index (χ4n) is 2.08. The maximum absolute atomic E-state index is 12.4. The molecule has 2 aromatic carbocycles. The van der Waals surface area contributed by atoms with Gasteiger partial charge in [0.05, 0.1) is 0 Å². The van der Waals surface area contributed by atoms with Crippen molar-refractivity contribution in [2.24, 2.45) is 0 Å². The number of hydrogen-bond acceptors (Lipinski definition) is 3. The summed E-state index contributed by atoms with van der Waals surface area (Å²) >= 11 is 5.82. The molecule has 0 aliphatic carbocycles. The van der Waals surface area contributed by atoms with Crippen LogP contribution in [0, 0.1) is 0 Å². The zero-order chi connectivity index (χ0) is 17.0. The number of carbonyl (C=O) groups excluding carboxylic acids is 2. The lowest BCUT2D eigenvalue weighted by Crippen LogP contribution is -2.45. The van der Waals surface area contributed by atoms with Crippen LogP contribution in [0.25, 0.3) is 0 Å². The van der Waals surface area contributed by atoms with Crippen molar-refractivity contribution >= 4 is 23.3 Å². The molecule has 0 atom stereocenters. The summed E-state index contributed by atoms with van der Waals surface area (Å²) in [6.07, 6.45) is 0. The van der Waals surface area contributed by atoms with Crippen LogP contribution in [-0.2, 0) is 4.79 Å². The molecule has 0 heterocycles. The SMILES string of the molecule is CNC(=O)C(C)(C)Oc1ccc(C(=O)c2ccc(Cl)cc2)cc1. The summed E-state index contributed by atoms with van der Waals surface area (Å²) in [5.74, 6) is 0.198. The summed E-state index contributed by atoms with van der Waals surface area (Å²) in [6, 6.07) is 13.4. The van der Waals surface area contributed by atoms with Crippen LogP contribution in [0.1, 0.15) is 29.8 Å². The largest absolute Gasteiger partial charge is 0.478 e. The van der Waals surface area contributed by atoms with E-state index < -0.39 is 5.60 Å². The first-order valence-corrected chi connectivity index (χ1v) is 7.53. The van der Waals surface area contributed by atoms with Gasteiger partial charge >= 0.3 is 0 Å². The molecule has 23 heavy (non-hydrogen) atoms. The van der Waals surface area contributed by atoms with Crippen LogP contribution >= 0.6 is 11.6 Å². The van der Waals surface area contributed by atoms with E-state index in [9.17, 15) is 9.59 Å². The molecule has 1 amide bonds. The Balaban J connectivity index is 2.15. The lowest BCUT2D eigenvalue weighted by molar-refractivity contribution is -0.133. The van der Waals surface area contributed by atoms with E-state index in [0.717, 1.165) is 0 Å². The molecule has 0 bridgehead atoms. The molecule has 1 N–H and O–H groups in total. The summed E-state index contributed by atoms with van der Waals surface area (Å²) in [6.45, 7) is 3.36. The summed E-state index contributed by atoms with van der Waals surface area (Å²) < 4.78 is 5.67. The second-order valence-corrected chi connectivity index (χ2v) is 5.99. The fourth-order valence-corrected chi connectivity index (χ4v) is 2.21. The molecule has 4 nitrogen and oxygen atoms in total. The quantitative estimate of drug-likeness (QED) is 0.853. The number of ketones is 1. The highest BCUT2D eigenvalue weighted by Gasteiger charge is 2.28. The summed E-state index contributed by atoms with van der Waals surface area (Å²) in [4.78, 5) is 24.1. The zero-order valence-electron chi connectivity index (χ0n) is 13.2. The summed E-state index contributed by atoms with van der Waals surface area (Å²) in [5, 5.41) is 3.14. The van der Waals surface area contributed by atoms with Crippen molar-refractivity contribution in [1.82, 2.24) is 5.32 Å². The molecular formula is C18H18ClNO3. The number of benzene rings is 2. The normalized spacial score (nSPS) is 11.0. The molecule has 2 aromatic rings. The highest BCUT2D eigenvalue weighted by molar-refractivity contribution is 6.30. The van der Waals surface area contributed by atoms with Crippen molar-refractivity contribution in [1.29, 1.82) is 0 Å². The number of carbonyl (C=O) groups is 2. The third kappa shape index (κ3) is 4.11. The zero-order valence-corrected chi connectivity index (χ0v) is 14.0. The molecule has 0 aromatic heterocycles. The van der Waals surface area contributed by atoms with Gasteiger partial charge in [-0.3, -0.25) is 9.59 Å². The molecule has 0 fully saturated rings. The van der Waals surface area contributed by atoms with Crippen molar-refractivity contribution in [3.8, 4) is 5.75 Å². The Labute approximate surface area is 140 Å². The Morgan fingerprint density at radius 1 is 0.957 bits per heavy atom. The van der Waals surface area contributed by atoms with E-state index in [0.29, 0.717) is 21.9 Å². The lowest BCUT2D eigenvalue weighted by atomic mass is 10.0. The predicted molar refractivity (Wildman–Crippen MR) is 90.1 cm³/mol. The molecule has 0 radical (unpaired) electrons. The molecule has 0 saturated carbocycles. The number of halogens is 1. The molecule has 5 heteroatoms. The van der Waals surface area contributed by atoms with E-state index in [1.54, 1.807) is 69.4 Å². The Hall–Kier alpha value is -2.33. The van der Waals surface area contributed by atoms with E-state index >= 15 is 0 Å². The van der Waals surface area contributed by atoms with Crippen LogP contribution in [0.3, 0.4) is 0 Å². The number of nitrogens with one attached hydrogen (secondary N) is 1. The van der Waals surface area contributed by atoms with Crippen LogP contribution in [0.5, 0.6) is 5.75 Å². The van der Waals surface area contributed by atoms with Gasteiger partial charge in [-0.1, -0.05) is 11.6 Å². The Morgan fingerprint density at radius 3 is 1.91 bits per heavy atom. The topological polar surface area (TPSA) is 55.4 Å². The van der Waals surface area contributed by atoms with E-state index in [1.165, 1.54) is 0 Å². The summed E-state index contributed by atoms with van der Waals surface area (Å²) in [7, 11) is 1.56. The van der Waals surface area contributed by atoms with Crippen LogP contribution in [-0.4, -0.2) is 24.3 Å². The van der Waals surface area contributed by atoms with Gasteiger partial charge < -0.3 is 10.1 Å². The van der Waals surface area contributed by atoms with Gasteiger partial charge in [-0.05, 0) is 62.4 Å². The first-order chi connectivity index (χ1) is 10.8. The molecule has 120 valence electrons. The van der Waals surface area contributed by atoms with Gasteiger partial charge in [0.15, 0.2) is 11.4 Å². The number of ether oxygens (including phenoxy) is 1. The van der Waals surface area contributed by atoms with E-state index in [4.69, 9.17) is 16.3 Å². The van der Waals surface area contributed by atoms with Crippen molar-refractivity contribution in [2.45, 2.75) is 19.4 Å². The van der Waals surface area contributed by atoms with Crippen molar-refractivity contribution in [2.75, 3.05) is 7.05 Å². The van der Waals surface area contributed by atoms with E-state index in [-0.39, 0.29) is 11.7 Å². The number of amides is 1. The van der Waals surface area contributed by atoms with Crippen molar-refractivity contribution in [3.05, 3.63) is 64.7 Å². The third-order valence-corrected chi connectivity index (χ3v) is 3.62. The van der Waals surface area contributed by atoms with Gasteiger partial charge in [-0.15, -0.1) is 0 Å². The van der Waals surface area contributed by atoms with Crippen molar-refractivity contribution < 1.29 is 14.3 Å². The van der Waals surface area contributed by atoms with Crippen LogP contribution in [0.15, 0.2) is 48.5 Å². The third-order valence-electron chi connectivity index (χ3n) is 3.37. The van der Waals surface area contributed by atoms with Crippen LogP contribution < -0.4 is 10.1 Å². The number of hydrogen-bond donors (Lipinski definition) is 1. The average Bonchev–Trinajstić information content (AvgIpc) is 2.54. The van der Waals surface area contributed by atoms with Gasteiger partial charge in [0.2, 0.25) is 0 Å². The molecule has 0 aliphatic heterocycles. The second kappa shape index (κ2) is 6.84. The highest BCUT2D eigenvalue weighted by Crippen LogP contribution is 2.21. The molecule has 0 spiro atoms. The smallest absolute Gasteiger partial charge is 0.263 e. The van der Waals surface area contributed by atoms with Gasteiger partial charge in [0.25, 0.3) is 5.91 Å². The minimum Gasteiger partial charge on any atom is -0.478 e. The van der Waals surface area contributed by atoms with Crippen LogP contribution in [0.2, 0.25) is 5.02 Å². The molecule has 2 rings (SSSR count). The first kappa shape index (κ1) is 17.0. The standard InChI is InChI=1S/C18H18ClNO3/c1-18(2,17(22)20-3)23-15-10-6-13(7-11-15)16(21)12-4-8-14(19)9-5-12/h4-11H,1-3H3,(H,20,22). The Kier molecular flexibility index (Phi) is 5.06. The highest BCUT2D eigenvalue weighted by atomic mass is 35.5. The average molecular weight is 332 g/mol. The van der Waals surface area contributed by atoms with E-state index in [2.05, 4.69) is 5.32 Å². The Bertz CT molecular complexity index is 706. The molecular weight excluding hydrogens is 314 g/mol. The maximum Gasteiger partial charge on any atom is 0.263 e. The number of likely N-dealkylation sites (N-methyl/N-ethyl adjacent to an activating group) is 1. The van der Waals surface area contributed by atoms with Crippen molar-refractivity contribution in [3.63, 3.8) is 0 Å². The minimum atomic E-state index is -0.990. The van der Waals surface area contributed by atoms with Gasteiger partial charge in [0.1, 0.15) is 5.75 Å². The predicted octanol–water partition coefficient (Wildman–Crippen LogP) is 3.47. The van der Waals surface area contributed by atoms with E-state index in [1.807, 2.05) is 0 Å². The van der Waals surface area contributed by atoms with Gasteiger partial charge in [-0.2, -0.15) is 0 Å². The molecule has 0 unspecified atom stereocenters. The van der Waals surface area contributed by atoms with Crippen LogP contribution in [0.4, 0.5) is 0 Å². The minimum absolute atomic E-state index is 0.0984. The number of rotatable bonds is 5. The first-order valence-electron chi connectivity index (χ1n) is 7.15. The van der Waals surface area contributed by atoms with Gasteiger partial charge in [-0.25, -0.2) is 0 Å².